The molecule has 0 atom stereocenters. The molecule has 2 rings (SSSR count). The third-order valence-corrected chi connectivity index (χ3v) is 3.62. The second kappa shape index (κ2) is 4.82. The SMILES string of the molecule is Cc1cnc(CC2(C(=O)O)CCCCC2)cn1. The molecule has 1 N–H and O–H groups in total. The Labute approximate surface area is 101 Å². The summed E-state index contributed by atoms with van der Waals surface area (Å²) in [6.07, 6.45) is 8.60. The highest BCUT2D eigenvalue weighted by Gasteiger charge is 2.39. The lowest BCUT2D eigenvalue weighted by Gasteiger charge is -2.32. The summed E-state index contributed by atoms with van der Waals surface area (Å²) in [6, 6.07) is 0. The van der Waals surface area contributed by atoms with Crippen LogP contribution in [0.1, 0.15) is 43.5 Å². The van der Waals surface area contributed by atoms with Crippen LogP contribution in [-0.2, 0) is 11.2 Å². The maximum absolute atomic E-state index is 11.5. The second-order valence-corrected chi connectivity index (χ2v) is 4.97. The van der Waals surface area contributed by atoms with Crippen molar-refractivity contribution in [3.8, 4) is 0 Å². The summed E-state index contributed by atoms with van der Waals surface area (Å²) >= 11 is 0. The first kappa shape index (κ1) is 12.0. The predicted molar refractivity (Wildman–Crippen MR) is 63.6 cm³/mol. The highest BCUT2D eigenvalue weighted by atomic mass is 16.4. The van der Waals surface area contributed by atoms with E-state index in [0.29, 0.717) is 6.42 Å². The smallest absolute Gasteiger partial charge is 0.310 e. The number of rotatable bonds is 3. The van der Waals surface area contributed by atoms with Crippen molar-refractivity contribution in [1.29, 1.82) is 0 Å². The van der Waals surface area contributed by atoms with Gasteiger partial charge in [-0.25, -0.2) is 0 Å². The Kier molecular flexibility index (Phi) is 3.41. The van der Waals surface area contributed by atoms with Crippen molar-refractivity contribution in [3.05, 3.63) is 23.8 Å². The number of carbonyl (C=O) groups is 1. The van der Waals surface area contributed by atoms with Gasteiger partial charge in [0.25, 0.3) is 0 Å². The molecule has 1 aromatic heterocycles. The van der Waals surface area contributed by atoms with E-state index in [4.69, 9.17) is 0 Å². The molecular formula is C13H18N2O2. The molecule has 17 heavy (non-hydrogen) atoms. The minimum absolute atomic E-state index is 0.510. The zero-order valence-electron chi connectivity index (χ0n) is 10.1. The summed E-state index contributed by atoms with van der Waals surface area (Å²) in [7, 11) is 0. The van der Waals surface area contributed by atoms with Crippen molar-refractivity contribution >= 4 is 5.97 Å². The van der Waals surface area contributed by atoms with E-state index < -0.39 is 11.4 Å². The molecule has 0 bridgehead atoms. The number of nitrogens with zero attached hydrogens (tertiary/aromatic N) is 2. The Morgan fingerprint density at radius 3 is 2.53 bits per heavy atom. The van der Waals surface area contributed by atoms with E-state index in [1.54, 1.807) is 12.4 Å². The molecule has 1 aromatic rings. The van der Waals surface area contributed by atoms with E-state index in [-0.39, 0.29) is 0 Å². The highest BCUT2D eigenvalue weighted by Crippen LogP contribution is 2.39. The van der Waals surface area contributed by atoms with Gasteiger partial charge in [0.1, 0.15) is 0 Å². The minimum Gasteiger partial charge on any atom is -0.481 e. The van der Waals surface area contributed by atoms with Gasteiger partial charge in [-0.15, -0.1) is 0 Å². The van der Waals surface area contributed by atoms with Gasteiger partial charge in [-0.3, -0.25) is 14.8 Å². The summed E-state index contributed by atoms with van der Waals surface area (Å²) in [6.45, 7) is 1.88. The molecule has 4 nitrogen and oxygen atoms in total. The predicted octanol–water partition coefficient (Wildman–Crippen LogP) is 2.36. The van der Waals surface area contributed by atoms with E-state index in [2.05, 4.69) is 9.97 Å². The Balaban J connectivity index is 2.17. The first-order chi connectivity index (χ1) is 8.12. The summed E-state index contributed by atoms with van der Waals surface area (Å²) in [5, 5.41) is 9.46. The first-order valence-corrected chi connectivity index (χ1v) is 6.13. The normalized spacial score (nSPS) is 18.9. The third-order valence-electron chi connectivity index (χ3n) is 3.62. The van der Waals surface area contributed by atoms with Gasteiger partial charge < -0.3 is 5.11 Å². The van der Waals surface area contributed by atoms with Crippen molar-refractivity contribution in [1.82, 2.24) is 9.97 Å². The van der Waals surface area contributed by atoms with Crippen LogP contribution in [0.5, 0.6) is 0 Å². The Bertz CT molecular complexity index is 394. The molecule has 0 radical (unpaired) electrons. The van der Waals surface area contributed by atoms with E-state index in [1.165, 1.54) is 0 Å². The molecule has 1 aliphatic rings. The summed E-state index contributed by atoms with van der Waals surface area (Å²) in [4.78, 5) is 20.0. The van der Waals surface area contributed by atoms with Crippen LogP contribution in [-0.4, -0.2) is 21.0 Å². The summed E-state index contributed by atoms with van der Waals surface area (Å²) in [5.74, 6) is -0.681. The van der Waals surface area contributed by atoms with Gasteiger partial charge in [0, 0.05) is 18.8 Å². The average Bonchev–Trinajstić information content (AvgIpc) is 2.33. The van der Waals surface area contributed by atoms with Crippen molar-refractivity contribution in [2.24, 2.45) is 5.41 Å². The van der Waals surface area contributed by atoms with Crippen molar-refractivity contribution in [2.45, 2.75) is 45.4 Å². The van der Waals surface area contributed by atoms with Crippen LogP contribution < -0.4 is 0 Å². The Hall–Kier alpha value is -1.45. The van der Waals surface area contributed by atoms with Crippen LogP contribution in [0.15, 0.2) is 12.4 Å². The second-order valence-electron chi connectivity index (χ2n) is 4.97. The van der Waals surface area contributed by atoms with E-state index in [1.807, 2.05) is 6.92 Å². The Morgan fingerprint density at radius 1 is 1.29 bits per heavy atom. The van der Waals surface area contributed by atoms with Crippen LogP contribution in [0.4, 0.5) is 0 Å². The van der Waals surface area contributed by atoms with Crippen molar-refractivity contribution in [3.63, 3.8) is 0 Å². The van der Waals surface area contributed by atoms with Gasteiger partial charge in [-0.05, 0) is 19.8 Å². The third kappa shape index (κ3) is 2.62. The fraction of sp³-hybridized carbons (Fsp3) is 0.615. The lowest BCUT2D eigenvalue weighted by molar-refractivity contribution is -0.151. The van der Waals surface area contributed by atoms with Crippen molar-refractivity contribution < 1.29 is 9.90 Å². The lowest BCUT2D eigenvalue weighted by Crippen LogP contribution is -2.35. The van der Waals surface area contributed by atoms with Crippen LogP contribution >= 0.6 is 0 Å². The molecule has 1 saturated carbocycles. The molecular weight excluding hydrogens is 216 g/mol. The number of hydrogen-bond acceptors (Lipinski definition) is 3. The number of aryl methyl sites for hydroxylation is 1. The standard InChI is InChI=1S/C13H18N2O2/c1-10-8-15-11(9-14-10)7-13(12(16)17)5-3-2-4-6-13/h8-9H,2-7H2,1H3,(H,16,17). The van der Waals surface area contributed by atoms with Gasteiger partial charge in [0.05, 0.1) is 16.8 Å². The molecule has 0 aliphatic heterocycles. The number of carboxylic acids is 1. The molecule has 0 spiro atoms. The summed E-state index contributed by atoms with van der Waals surface area (Å²) in [5.41, 5.74) is 1.05. The van der Waals surface area contributed by atoms with Crippen LogP contribution in [0, 0.1) is 12.3 Å². The fourth-order valence-electron chi connectivity index (χ4n) is 2.55. The molecule has 1 heterocycles. The maximum Gasteiger partial charge on any atom is 0.310 e. The van der Waals surface area contributed by atoms with Gasteiger partial charge in [-0.1, -0.05) is 19.3 Å². The largest absolute Gasteiger partial charge is 0.481 e. The van der Waals surface area contributed by atoms with E-state index in [9.17, 15) is 9.90 Å². The molecule has 1 aliphatic carbocycles. The minimum atomic E-state index is -0.681. The maximum atomic E-state index is 11.5. The molecule has 92 valence electrons. The van der Waals surface area contributed by atoms with Gasteiger partial charge in [0.2, 0.25) is 0 Å². The van der Waals surface area contributed by atoms with Gasteiger partial charge in [-0.2, -0.15) is 0 Å². The highest BCUT2D eigenvalue weighted by molar-refractivity contribution is 5.75. The molecule has 1 fully saturated rings. The number of aromatic nitrogens is 2. The van der Waals surface area contributed by atoms with Crippen LogP contribution in [0.3, 0.4) is 0 Å². The number of aliphatic carboxylic acids is 1. The zero-order valence-corrected chi connectivity index (χ0v) is 10.1. The lowest BCUT2D eigenvalue weighted by atomic mass is 9.71. The van der Waals surface area contributed by atoms with Crippen molar-refractivity contribution in [2.75, 3.05) is 0 Å². The zero-order chi connectivity index (χ0) is 12.3. The molecule has 0 unspecified atom stereocenters. The molecule has 0 saturated heterocycles. The molecule has 4 heteroatoms. The van der Waals surface area contributed by atoms with Gasteiger partial charge in [0.15, 0.2) is 0 Å². The van der Waals surface area contributed by atoms with E-state index in [0.717, 1.165) is 43.5 Å². The fourth-order valence-corrected chi connectivity index (χ4v) is 2.55. The van der Waals surface area contributed by atoms with Crippen LogP contribution in [0.25, 0.3) is 0 Å². The molecule has 0 aromatic carbocycles. The van der Waals surface area contributed by atoms with E-state index >= 15 is 0 Å². The topological polar surface area (TPSA) is 63.1 Å². The number of hydrogen-bond donors (Lipinski definition) is 1. The quantitative estimate of drug-likeness (QED) is 0.872. The monoisotopic (exact) mass is 234 g/mol. The average molecular weight is 234 g/mol. The molecule has 0 amide bonds. The van der Waals surface area contributed by atoms with Crippen LogP contribution in [0.2, 0.25) is 0 Å². The summed E-state index contributed by atoms with van der Waals surface area (Å²) < 4.78 is 0. The Morgan fingerprint density at radius 2 is 2.00 bits per heavy atom. The first-order valence-electron chi connectivity index (χ1n) is 6.13. The number of carboxylic acid groups (broad SMARTS) is 1. The van der Waals surface area contributed by atoms with Gasteiger partial charge >= 0.3 is 5.97 Å².